The largest absolute Gasteiger partial charge is 0.271 e. The molecule has 2 rings (SSSR count). The molecule has 3 N–H and O–H groups in total. The van der Waals surface area contributed by atoms with Gasteiger partial charge in [0.2, 0.25) is 0 Å². The molecular formula is C13H17BrF2N2. The fourth-order valence-electron chi connectivity index (χ4n) is 2.84. The van der Waals surface area contributed by atoms with Gasteiger partial charge in [-0.3, -0.25) is 11.3 Å². The zero-order valence-corrected chi connectivity index (χ0v) is 11.8. The molecule has 3 unspecified atom stereocenters. The molecule has 1 saturated carbocycles. The molecule has 0 heterocycles. The Morgan fingerprint density at radius 2 is 2.11 bits per heavy atom. The molecule has 2 nitrogen and oxygen atoms in total. The summed E-state index contributed by atoms with van der Waals surface area (Å²) in [5.74, 6) is 5.19. The van der Waals surface area contributed by atoms with Crippen molar-refractivity contribution in [3.63, 3.8) is 0 Å². The third kappa shape index (κ3) is 2.58. The average molecular weight is 319 g/mol. The lowest BCUT2D eigenvalue weighted by Crippen LogP contribution is -2.34. The Bertz CT molecular complexity index is 439. The van der Waals surface area contributed by atoms with Gasteiger partial charge in [0.15, 0.2) is 0 Å². The molecule has 18 heavy (non-hydrogen) atoms. The van der Waals surface area contributed by atoms with Crippen LogP contribution >= 0.6 is 15.9 Å². The topological polar surface area (TPSA) is 38.0 Å². The molecule has 0 aliphatic heterocycles. The van der Waals surface area contributed by atoms with E-state index in [0.717, 1.165) is 19.3 Å². The lowest BCUT2D eigenvalue weighted by atomic mass is 9.91. The third-order valence-corrected chi connectivity index (χ3v) is 4.39. The molecule has 0 aromatic heterocycles. The van der Waals surface area contributed by atoms with E-state index in [9.17, 15) is 8.78 Å². The Balaban J connectivity index is 2.36. The minimum atomic E-state index is -0.558. The molecule has 0 radical (unpaired) electrons. The number of nitrogens with two attached hydrogens (primary N) is 1. The quantitative estimate of drug-likeness (QED) is 0.507. The van der Waals surface area contributed by atoms with Crippen LogP contribution in [0.25, 0.3) is 0 Å². The summed E-state index contributed by atoms with van der Waals surface area (Å²) < 4.78 is 28.2. The minimum absolute atomic E-state index is 0.0472. The smallest absolute Gasteiger partial charge is 0.145 e. The van der Waals surface area contributed by atoms with E-state index < -0.39 is 17.7 Å². The normalized spacial score (nSPS) is 25.4. The molecule has 1 fully saturated rings. The van der Waals surface area contributed by atoms with Crippen molar-refractivity contribution in [2.45, 2.75) is 32.2 Å². The second-order valence-corrected chi connectivity index (χ2v) is 5.93. The van der Waals surface area contributed by atoms with Crippen LogP contribution < -0.4 is 11.3 Å². The predicted molar refractivity (Wildman–Crippen MR) is 70.6 cm³/mol. The van der Waals surface area contributed by atoms with E-state index in [-0.39, 0.29) is 16.0 Å². The highest BCUT2D eigenvalue weighted by atomic mass is 79.9. The first-order valence-electron chi connectivity index (χ1n) is 6.14. The second-order valence-electron chi connectivity index (χ2n) is 5.08. The van der Waals surface area contributed by atoms with E-state index in [1.807, 2.05) is 0 Å². The summed E-state index contributed by atoms with van der Waals surface area (Å²) in [5, 5.41) is 0. The van der Waals surface area contributed by atoms with Crippen LogP contribution in [0, 0.1) is 23.5 Å². The Labute approximate surface area is 114 Å². The molecule has 1 aliphatic rings. The van der Waals surface area contributed by atoms with Crippen molar-refractivity contribution in [1.29, 1.82) is 0 Å². The van der Waals surface area contributed by atoms with Gasteiger partial charge in [-0.15, -0.1) is 0 Å². The van der Waals surface area contributed by atoms with Gasteiger partial charge in [0.05, 0.1) is 10.5 Å². The molecule has 0 bridgehead atoms. The zero-order valence-electron chi connectivity index (χ0n) is 10.2. The van der Waals surface area contributed by atoms with E-state index in [1.165, 1.54) is 12.1 Å². The highest BCUT2D eigenvalue weighted by Crippen LogP contribution is 2.40. The predicted octanol–water partition coefficient (Wildman–Crippen LogP) is 3.67. The second kappa shape index (κ2) is 5.63. The highest BCUT2D eigenvalue weighted by molar-refractivity contribution is 9.10. The average Bonchev–Trinajstić information content (AvgIpc) is 2.76. The van der Waals surface area contributed by atoms with E-state index in [2.05, 4.69) is 28.3 Å². The van der Waals surface area contributed by atoms with Crippen molar-refractivity contribution in [2.75, 3.05) is 0 Å². The van der Waals surface area contributed by atoms with Gasteiger partial charge in [-0.25, -0.2) is 8.78 Å². The third-order valence-electron chi connectivity index (χ3n) is 3.78. The molecule has 1 aliphatic carbocycles. The fraction of sp³-hybridized carbons (Fsp3) is 0.538. The molecule has 0 saturated heterocycles. The molecule has 1 aromatic rings. The van der Waals surface area contributed by atoms with Crippen LogP contribution in [0.1, 0.15) is 37.8 Å². The number of hydrogen-bond acceptors (Lipinski definition) is 2. The summed E-state index contributed by atoms with van der Waals surface area (Å²) in [6.07, 6.45) is 2.97. The van der Waals surface area contributed by atoms with Crippen molar-refractivity contribution in [3.05, 3.63) is 33.8 Å². The first-order valence-corrected chi connectivity index (χ1v) is 6.93. The zero-order chi connectivity index (χ0) is 13.3. The monoisotopic (exact) mass is 318 g/mol. The van der Waals surface area contributed by atoms with Gasteiger partial charge in [0.25, 0.3) is 0 Å². The summed E-state index contributed by atoms with van der Waals surface area (Å²) in [6.45, 7) is 2.15. The highest BCUT2D eigenvalue weighted by Gasteiger charge is 2.33. The van der Waals surface area contributed by atoms with Gasteiger partial charge in [0, 0.05) is 5.56 Å². The molecule has 0 amide bonds. The Kier molecular flexibility index (Phi) is 4.35. The maximum Gasteiger partial charge on any atom is 0.145 e. The van der Waals surface area contributed by atoms with E-state index >= 15 is 0 Å². The van der Waals surface area contributed by atoms with Crippen LogP contribution in [0.3, 0.4) is 0 Å². The summed E-state index contributed by atoms with van der Waals surface area (Å²) in [6, 6.07) is 2.18. The maximum atomic E-state index is 14.1. The van der Waals surface area contributed by atoms with E-state index in [4.69, 9.17) is 5.84 Å². The summed E-state index contributed by atoms with van der Waals surface area (Å²) in [7, 11) is 0. The number of benzene rings is 1. The summed E-state index contributed by atoms with van der Waals surface area (Å²) >= 11 is 3.09. The molecule has 5 heteroatoms. The van der Waals surface area contributed by atoms with Crippen molar-refractivity contribution in [2.24, 2.45) is 17.7 Å². The van der Waals surface area contributed by atoms with Crippen LogP contribution in [0.4, 0.5) is 8.78 Å². The summed E-state index contributed by atoms with van der Waals surface area (Å²) in [4.78, 5) is 0. The lowest BCUT2D eigenvalue weighted by Gasteiger charge is -2.24. The number of hydrogen-bond donors (Lipinski definition) is 2. The van der Waals surface area contributed by atoms with Gasteiger partial charge in [0.1, 0.15) is 11.6 Å². The molecule has 100 valence electrons. The van der Waals surface area contributed by atoms with Crippen LogP contribution in [-0.2, 0) is 0 Å². The van der Waals surface area contributed by atoms with Gasteiger partial charge >= 0.3 is 0 Å². The SMILES string of the molecule is CC1CCC(C(NN)c2c(F)ccc(Br)c2F)C1. The van der Waals surface area contributed by atoms with Crippen molar-refractivity contribution >= 4 is 15.9 Å². The van der Waals surface area contributed by atoms with E-state index in [0.29, 0.717) is 5.92 Å². The Morgan fingerprint density at radius 1 is 1.39 bits per heavy atom. The number of nitrogens with one attached hydrogen (secondary N) is 1. The van der Waals surface area contributed by atoms with Crippen molar-refractivity contribution in [1.82, 2.24) is 5.43 Å². The van der Waals surface area contributed by atoms with Crippen molar-refractivity contribution in [3.8, 4) is 0 Å². The Hall–Kier alpha value is -0.520. The first-order chi connectivity index (χ1) is 8.54. The first kappa shape index (κ1) is 13.9. The number of halogens is 3. The standard InChI is InChI=1S/C13H17BrF2N2/c1-7-2-3-8(6-7)13(18-17)11-10(15)5-4-9(14)12(11)16/h4-5,7-8,13,18H,2-3,6,17H2,1H3. The fourth-order valence-corrected chi connectivity index (χ4v) is 3.18. The van der Waals surface area contributed by atoms with Gasteiger partial charge < -0.3 is 0 Å². The molecule has 3 atom stereocenters. The van der Waals surface area contributed by atoms with Crippen LogP contribution in [0.2, 0.25) is 0 Å². The molecule has 0 spiro atoms. The van der Waals surface area contributed by atoms with Crippen LogP contribution in [0.15, 0.2) is 16.6 Å². The number of rotatable bonds is 3. The van der Waals surface area contributed by atoms with E-state index in [1.54, 1.807) is 0 Å². The van der Waals surface area contributed by atoms with Gasteiger partial charge in [-0.1, -0.05) is 13.3 Å². The minimum Gasteiger partial charge on any atom is -0.271 e. The lowest BCUT2D eigenvalue weighted by molar-refractivity contribution is 0.341. The van der Waals surface area contributed by atoms with Crippen molar-refractivity contribution < 1.29 is 8.78 Å². The number of hydrazine groups is 1. The molecule has 1 aromatic carbocycles. The van der Waals surface area contributed by atoms with Crippen LogP contribution in [0.5, 0.6) is 0 Å². The maximum absolute atomic E-state index is 14.1. The van der Waals surface area contributed by atoms with Gasteiger partial charge in [-0.05, 0) is 52.7 Å². The van der Waals surface area contributed by atoms with Crippen LogP contribution in [-0.4, -0.2) is 0 Å². The van der Waals surface area contributed by atoms with Gasteiger partial charge in [-0.2, -0.15) is 0 Å². The molecular weight excluding hydrogens is 302 g/mol. The summed E-state index contributed by atoms with van der Waals surface area (Å²) in [5.41, 5.74) is 2.64. The Morgan fingerprint density at radius 3 is 2.67 bits per heavy atom.